The van der Waals surface area contributed by atoms with Crippen molar-refractivity contribution in [2.24, 2.45) is 5.92 Å². The number of hydrogen-bond donors (Lipinski definition) is 0. The van der Waals surface area contributed by atoms with Crippen molar-refractivity contribution in [1.82, 2.24) is 9.80 Å². The normalized spacial score (nSPS) is 28.1. The summed E-state index contributed by atoms with van der Waals surface area (Å²) in [6.07, 6.45) is 2.70. The first-order valence-electron chi connectivity index (χ1n) is 8.90. The second-order valence-electron chi connectivity index (χ2n) is 7.23. The monoisotopic (exact) mass is 342 g/mol. The quantitative estimate of drug-likeness (QED) is 0.841. The van der Waals surface area contributed by atoms with Gasteiger partial charge in [0.1, 0.15) is 0 Å². The van der Waals surface area contributed by atoms with E-state index < -0.39 is 0 Å². The van der Waals surface area contributed by atoms with E-state index in [4.69, 9.17) is 4.74 Å². The van der Waals surface area contributed by atoms with E-state index in [1.54, 1.807) is 11.3 Å². The summed E-state index contributed by atoms with van der Waals surface area (Å²) in [5, 5.41) is 3.11. The van der Waals surface area contributed by atoms with Crippen LogP contribution in [-0.4, -0.2) is 60.6 Å². The van der Waals surface area contributed by atoms with E-state index in [1.807, 2.05) is 22.4 Å². The number of fused-ring (bicyclic) bond motifs is 2. The molecule has 0 unspecified atom stereocenters. The third-order valence-corrected chi connectivity index (χ3v) is 6.68. The minimum Gasteiger partial charge on any atom is -0.378 e. The highest BCUT2D eigenvalue weighted by molar-refractivity contribution is 7.17. The van der Waals surface area contributed by atoms with Crippen molar-refractivity contribution in [2.75, 3.05) is 32.8 Å². The van der Waals surface area contributed by atoms with Gasteiger partial charge in [-0.1, -0.05) is 18.2 Å². The summed E-state index contributed by atoms with van der Waals surface area (Å²) in [6.45, 7) is 4.26. The molecular weight excluding hydrogens is 320 g/mol. The Bertz CT molecular complexity index is 770. The third-order valence-electron chi connectivity index (χ3n) is 5.72. The molecule has 5 heteroatoms. The maximum Gasteiger partial charge on any atom is 0.255 e. The number of ether oxygens (including phenoxy) is 1. The zero-order valence-corrected chi connectivity index (χ0v) is 14.5. The SMILES string of the molecule is O=C(c1csc2ccccc12)N1CCN2[C@@H](COC[C@@H]2C2CC2)C1. The van der Waals surface area contributed by atoms with Crippen LogP contribution >= 0.6 is 11.3 Å². The Morgan fingerprint density at radius 3 is 2.92 bits per heavy atom. The molecule has 4 nitrogen and oxygen atoms in total. The van der Waals surface area contributed by atoms with Crippen molar-refractivity contribution in [3.63, 3.8) is 0 Å². The average molecular weight is 342 g/mol. The van der Waals surface area contributed by atoms with Crippen LogP contribution in [0, 0.1) is 5.92 Å². The van der Waals surface area contributed by atoms with Gasteiger partial charge in [0, 0.05) is 41.1 Å². The van der Waals surface area contributed by atoms with Crippen LogP contribution in [0.25, 0.3) is 10.1 Å². The summed E-state index contributed by atoms with van der Waals surface area (Å²) in [5.74, 6) is 1.01. The maximum absolute atomic E-state index is 13.1. The number of hydrogen-bond acceptors (Lipinski definition) is 4. The Kier molecular flexibility index (Phi) is 3.61. The number of amides is 1. The molecule has 1 aliphatic carbocycles. The van der Waals surface area contributed by atoms with Gasteiger partial charge in [0.2, 0.25) is 0 Å². The summed E-state index contributed by atoms with van der Waals surface area (Å²) < 4.78 is 7.05. The lowest BCUT2D eigenvalue weighted by Gasteiger charge is -2.48. The van der Waals surface area contributed by atoms with Gasteiger partial charge in [0.05, 0.1) is 24.8 Å². The first kappa shape index (κ1) is 14.9. The fraction of sp³-hybridized carbons (Fsp3) is 0.526. The number of thiophene rings is 1. The van der Waals surface area contributed by atoms with Gasteiger partial charge in [-0.25, -0.2) is 0 Å². The third kappa shape index (κ3) is 2.46. The van der Waals surface area contributed by atoms with E-state index in [1.165, 1.54) is 17.5 Å². The predicted molar refractivity (Wildman–Crippen MR) is 95.6 cm³/mol. The van der Waals surface area contributed by atoms with Gasteiger partial charge in [0.15, 0.2) is 0 Å². The molecule has 3 aliphatic rings. The van der Waals surface area contributed by atoms with Gasteiger partial charge in [-0.3, -0.25) is 9.69 Å². The molecule has 2 aliphatic heterocycles. The van der Waals surface area contributed by atoms with Crippen LogP contribution in [0.4, 0.5) is 0 Å². The van der Waals surface area contributed by atoms with Crippen molar-refractivity contribution in [3.8, 4) is 0 Å². The van der Waals surface area contributed by atoms with Crippen LogP contribution in [0.5, 0.6) is 0 Å². The van der Waals surface area contributed by atoms with Crippen molar-refractivity contribution < 1.29 is 9.53 Å². The van der Waals surface area contributed by atoms with Gasteiger partial charge in [0.25, 0.3) is 5.91 Å². The number of morpholine rings is 1. The summed E-state index contributed by atoms with van der Waals surface area (Å²) in [4.78, 5) is 17.7. The second-order valence-corrected chi connectivity index (χ2v) is 8.14. The van der Waals surface area contributed by atoms with Crippen molar-refractivity contribution in [2.45, 2.75) is 24.9 Å². The Morgan fingerprint density at radius 1 is 1.17 bits per heavy atom. The Hall–Kier alpha value is -1.43. The highest BCUT2D eigenvalue weighted by atomic mass is 32.1. The van der Waals surface area contributed by atoms with Crippen molar-refractivity contribution in [3.05, 3.63) is 35.2 Å². The highest BCUT2D eigenvalue weighted by Crippen LogP contribution is 2.38. The number of rotatable bonds is 2. The number of benzene rings is 1. The molecule has 3 heterocycles. The van der Waals surface area contributed by atoms with Crippen LogP contribution in [0.1, 0.15) is 23.2 Å². The van der Waals surface area contributed by atoms with Gasteiger partial charge >= 0.3 is 0 Å². The zero-order valence-electron chi connectivity index (χ0n) is 13.7. The van der Waals surface area contributed by atoms with Crippen LogP contribution < -0.4 is 0 Å². The minimum absolute atomic E-state index is 0.181. The summed E-state index contributed by atoms with van der Waals surface area (Å²) in [7, 11) is 0. The number of carbonyl (C=O) groups excluding carboxylic acids is 1. The van der Waals surface area contributed by atoms with Gasteiger partial charge in [-0.15, -0.1) is 11.3 Å². The zero-order chi connectivity index (χ0) is 16.1. The average Bonchev–Trinajstić information content (AvgIpc) is 3.39. The molecule has 24 heavy (non-hydrogen) atoms. The molecule has 2 atom stereocenters. The smallest absolute Gasteiger partial charge is 0.255 e. The van der Waals surface area contributed by atoms with E-state index >= 15 is 0 Å². The summed E-state index contributed by atoms with van der Waals surface area (Å²) in [6, 6.07) is 9.14. The van der Waals surface area contributed by atoms with Crippen LogP contribution in [0.3, 0.4) is 0 Å². The second kappa shape index (κ2) is 5.83. The molecule has 3 fully saturated rings. The van der Waals surface area contributed by atoms with Gasteiger partial charge in [-0.05, 0) is 24.8 Å². The highest BCUT2D eigenvalue weighted by Gasteiger charge is 2.43. The van der Waals surface area contributed by atoms with E-state index in [0.29, 0.717) is 12.1 Å². The first-order valence-corrected chi connectivity index (χ1v) is 9.78. The van der Waals surface area contributed by atoms with Crippen molar-refractivity contribution in [1.29, 1.82) is 0 Å². The lowest BCUT2D eigenvalue weighted by Crippen LogP contribution is -2.63. The van der Waals surface area contributed by atoms with E-state index in [2.05, 4.69) is 17.0 Å². The molecule has 0 spiro atoms. The molecule has 0 radical (unpaired) electrons. The molecule has 5 rings (SSSR count). The Morgan fingerprint density at radius 2 is 2.04 bits per heavy atom. The first-order chi connectivity index (χ1) is 11.8. The number of piperazine rings is 1. The number of nitrogens with zero attached hydrogens (tertiary/aromatic N) is 2. The summed E-state index contributed by atoms with van der Waals surface area (Å²) >= 11 is 1.66. The van der Waals surface area contributed by atoms with E-state index in [0.717, 1.165) is 49.7 Å². The molecule has 1 aromatic heterocycles. The number of carbonyl (C=O) groups is 1. The topological polar surface area (TPSA) is 32.8 Å². The Labute approximate surface area is 146 Å². The van der Waals surface area contributed by atoms with Crippen LogP contribution in [-0.2, 0) is 4.74 Å². The van der Waals surface area contributed by atoms with Crippen LogP contribution in [0.15, 0.2) is 29.6 Å². The standard InChI is InChI=1S/C19H22N2O2S/c22-19(16-12-24-18-4-2-1-3-15(16)18)20-7-8-21-14(9-20)10-23-11-17(21)13-5-6-13/h1-4,12-14,17H,5-11H2/t14-,17-/m1/s1. The van der Waals surface area contributed by atoms with Gasteiger partial charge < -0.3 is 9.64 Å². The lowest BCUT2D eigenvalue weighted by molar-refractivity contribution is -0.0816. The van der Waals surface area contributed by atoms with Crippen LogP contribution in [0.2, 0.25) is 0 Å². The largest absolute Gasteiger partial charge is 0.378 e. The van der Waals surface area contributed by atoms with Crippen molar-refractivity contribution >= 4 is 27.3 Å². The fourth-order valence-electron chi connectivity index (χ4n) is 4.26. The maximum atomic E-state index is 13.1. The molecule has 2 aromatic rings. The molecule has 2 saturated heterocycles. The van der Waals surface area contributed by atoms with E-state index in [-0.39, 0.29) is 5.91 Å². The fourth-order valence-corrected chi connectivity index (χ4v) is 5.20. The summed E-state index contributed by atoms with van der Waals surface area (Å²) in [5.41, 5.74) is 0.861. The Balaban J connectivity index is 1.36. The van der Waals surface area contributed by atoms with E-state index in [9.17, 15) is 4.79 Å². The molecule has 126 valence electrons. The molecular formula is C19H22N2O2S. The molecule has 0 N–H and O–H groups in total. The van der Waals surface area contributed by atoms with Gasteiger partial charge in [-0.2, -0.15) is 0 Å². The molecule has 1 saturated carbocycles. The minimum atomic E-state index is 0.181. The molecule has 1 aromatic carbocycles. The molecule has 1 amide bonds. The molecule has 0 bridgehead atoms. The lowest BCUT2D eigenvalue weighted by atomic mass is 10.0. The predicted octanol–water partition coefficient (Wildman–Crippen LogP) is 2.84.